The summed E-state index contributed by atoms with van der Waals surface area (Å²) in [5, 5.41) is 11.0. The zero-order chi connectivity index (χ0) is 21.0. The lowest BCUT2D eigenvalue weighted by Gasteiger charge is -2.05. The number of hydrogen-bond acceptors (Lipinski definition) is 5. The van der Waals surface area contributed by atoms with Crippen molar-refractivity contribution < 1.29 is 14.3 Å². The minimum Gasteiger partial charge on any atom is -0.462 e. The van der Waals surface area contributed by atoms with Crippen LogP contribution >= 0.6 is 0 Å². The molecule has 0 aliphatic rings. The number of nitrogens with zero attached hydrogens (tertiary/aromatic N) is 4. The van der Waals surface area contributed by atoms with Gasteiger partial charge >= 0.3 is 5.97 Å². The van der Waals surface area contributed by atoms with Gasteiger partial charge in [-0.15, -0.1) is 10.2 Å². The first-order chi connectivity index (χ1) is 14.0. The number of nitrogens with one attached hydrogen (secondary N) is 1. The van der Waals surface area contributed by atoms with Gasteiger partial charge in [0, 0.05) is 35.8 Å². The summed E-state index contributed by atoms with van der Waals surface area (Å²) in [7, 11) is 0. The van der Waals surface area contributed by atoms with Crippen LogP contribution in [0.25, 0.3) is 11.7 Å². The van der Waals surface area contributed by atoms with E-state index in [1.165, 1.54) is 6.08 Å². The lowest BCUT2D eigenvalue weighted by Crippen LogP contribution is -2.21. The van der Waals surface area contributed by atoms with Crippen molar-refractivity contribution in [3.05, 3.63) is 58.8 Å². The third kappa shape index (κ3) is 4.06. The zero-order valence-electron chi connectivity index (χ0n) is 17.1. The second kappa shape index (κ2) is 8.72. The Hall–Kier alpha value is -3.42. The molecule has 3 heterocycles. The molecule has 29 heavy (non-hydrogen) atoms. The van der Waals surface area contributed by atoms with Crippen LogP contribution in [0.1, 0.15) is 47.0 Å². The summed E-state index contributed by atoms with van der Waals surface area (Å²) in [6, 6.07) is 5.60. The predicted octanol–water partition coefficient (Wildman–Crippen LogP) is 2.67. The van der Waals surface area contributed by atoms with Crippen LogP contribution in [0.2, 0.25) is 0 Å². The molecule has 8 nitrogen and oxygen atoms in total. The molecule has 3 aromatic heterocycles. The van der Waals surface area contributed by atoms with Crippen LogP contribution in [0.5, 0.6) is 0 Å². The van der Waals surface area contributed by atoms with E-state index in [-0.39, 0.29) is 18.4 Å². The Morgan fingerprint density at radius 3 is 2.69 bits per heavy atom. The van der Waals surface area contributed by atoms with E-state index in [9.17, 15) is 9.59 Å². The minimum atomic E-state index is -0.379. The number of hydrogen-bond donors (Lipinski definition) is 1. The van der Waals surface area contributed by atoms with Gasteiger partial charge in [0.15, 0.2) is 11.5 Å². The first-order valence-corrected chi connectivity index (χ1v) is 9.59. The van der Waals surface area contributed by atoms with Crippen LogP contribution in [-0.2, 0) is 22.6 Å². The van der Waals surface area contributed by atoms with Crippen molar-refractivity contribution in [2.45, 2.75) is 40.8 Å². The first kappa shape index (κ1) is 20.3. The van der Waals surface area contributed by atoms with E-state index in [2.05, 4.69) is 15.5 Å². The number of amides is 1. The number of fused-ring (bicyclic) bond motifs is 1. The molecule has 152 valence electrons. The summed E-state index contributed by atoms with van der Waals surface area (Å²) in [6.45, 7) is 8.86. The molecule has 0 saturated heterocycles. The highest BCUT2D eigenvalue weighted by Gasteiger charge is 2.22. The fourth-order valence-electron chi connectivity index (χ4n) is 3.44. The average Bonchev–Trinajstić information content (AvgIpc) is 3.23. The Morgan fingerprint density at radius 1 is 1.17 bits per heavy atom. The quantitative estimate of drug-likeness (QED) is 0.491. The van der Waals surface area contributed by atoms with Gasteiger partial charge in [-0.1, -0.05) is 6.07 Å². The molecule has 0 saturated carbocycles. The Morgan fingerprint density at radius 2 is 1.97 bits per heavy atom. The number of pyridine rings is 1. The van der Waals surface area contributed by atoms with Crippen LogP contribution in [0.3, 0.4) is 0 Å². The maximum atomic E-state index is 12.4. The summed E-state index contributed by atoms with van der Waals surface area (Å²) in [5.41, 5.74) is 3.67. The van der Waals surface area contributed by atoms with Crippen molar-refractivity contribution in [2.24, 2.45) is 0 Å². The fraction of sp³-hybridized carbons (Fsp3) is 0.333. The number of carbonyl (C=O) groups is 2. The van der Waals surface area contributed by atoms with Gasteiger partial charge in [0.1, 0.15) is 0 Å². The van der Waals surface area contributed by atoms with Gasteiger partial charge < -0.3 is 14.6 Å². The maximum absolute atomic E-state index is 12.4. The third-order valence-electron chi connectivity index (χ3n) is 4.83. The number of carbonyl (C=O) groups excluding carboxylic acids is 2. The van der Waals surface area contributed by atoms with E-state index in [4.69, 9.17) is 4.74 Å². The molecule has 3 aromatic rings. The van der Waals surface area contributed by atoms with E-state index in [0.717, 1.165) is 23.6 Å². The number of esters is 1. The lowest BCUT2D eigenvalue weighted by molar-refractivity contribution is -0.116. The van der Waals surface area contributed by atoms with Gasteiger partial charge in [0.05, 0.1) is 18.7 Å². The van der Waals surface area contributed by atoms with Crippen molar-refractivity contribution in [2.75, 3.05) is 6.61 Å². The topological polar surface area (TPSA) is 90.5 Å². The van der Waals surface area contributed by atoms with E-state index in [1.54, 1.807) is 13.0 Å². The molecule has 8 heteroatoms. The Kier molecular flexibility index (Phi) is 6.11. The first-order valence-electron chi connectivity index (χ1n) is 9.59. The standard InChI is InChI=1S/C21H25N5O3/c1-5-25-14(3)16(20(15(25)4)21(28)29-6-2)10-11-19(27)22-13-18-24-23-17-9-7-8-12-26(17)18/h7-12H,5-6,13H2,1-4H3,(H,22,27)/b11-10+. The molecule has 0 bridgehead atoms. The average molecular weight is 395 g/mol. The van der Waals surface area contributed by atoms with Gasteiger partial charge in [-0.25, -0.2) is 4.79 Å². The SMILES string of the molecule is CCOC(=O)c1c(/C=C/C(=O)NCc2nnc3ccccn23)c(C)n(CC)c1C. The summed E-state index contributed by atoms with van der Waals surface area (Å²) in [4.78, 5) is 24.8. The van der Waals surface area contributed by atoms with E-state index >= 15 is 0 Å². The highest BCUT2D eigenvalue weighted by atomic mass is 16.5. The molecule has 0 aliphatic heterocycles. The highest BCUT2D eigenvalue weighted by Crippen LogP contribution is 2.25. The largest absolute Gasteiger partial charge is 0.462 e. The molecular weight excluding hydrogens is 370 g/mol. The van der Waals surface area contributed by atoms with Crippen molar-refractivity contribution >= 4 is 23.6 Å². The summed E-state index contributed by atoms with van der Waals surface area (Å²) in [6.07, 6.45) is 4.93. The molecule has 0 atom stereocenters. The second-order valence-electron chi connectivity index (χ2n) is 6.52. The van der Waals surface area contributed by atoms with Crippen molar-refractivity contribution in [1.29, 1.82) is 0 Å². The Bertz CT molecular complexity index is 1080. The molecule has 0 spiro atoms. The summed E-state index contributed by atoms with van der Waals surface area (Å²) < 4.78 is 9.05. The third-order valence-corrected chi connectivity index (χ3v) is 4.83. The number of ether oxygens (including phenoxy) is 1. The summed E-state index contributed by atoms with van der Waals surface area (Å²) >= 11 is 0. The maximum Gasteiger partial charge on any atom is 0.340 e. The van der Waals surface area contributed by atoms with Crippen LogP contribution in [-0.4, -0.2) is 37.6 Å². The van der Waals surface area contributed by atoms with Gasteiger partial charge in [0.25, 0.3) is 0 Å². The van der Waals surface area contributed by atoms with Crippen LogP contribution in [0.4, 0.5) is 0 Å². The number of aromatic nitrogens is 4. The predicted molar refractivity (Wildman–Crippen MR) is 109 cm³/mol. The Labute approximate surface area is 169 Å². The molecule has 0 radical (unpaired) electrons. The van der Waals surface area contributed by atoms with Crippen molar-refractivity contribution in [3.63, 3.8) is 0 Å². The Balaban J connectivity index is 1.78. The van der Waals surface area contributed by atoms with E-state index in [0.29, 0.717) is 23.6 Å². The molecule has 3 rings (SSSR count). The minimum absolute atomic E-state index is 0.243. The van der Waals surface area contributed by atoms with Crippen LogP contribution < -0.4 is 5.32 Å². The van der Waals surface area contributed by atoms with Gasteiger partial charge in [-0.3, -0.25) is 9.20 Å². The normalized spacial score (nSPS) is 11.3. The fourth-order valence-corrected chi connectivity index (χ4v) is 3.44. The van der Waals surface area contributed by atoms with Gasteiger partial charge in [-0.05, 0) is 45.9 Å². The molecular formula is C21H25N5O3. The molecule has 0 aliphatic carbocycles. The van der Waals surface area contributed by atoms with Crippen LogP contribution in [0, 0.1) is 13.8 Å². The molecule has 0 aromatic carbocycles. The van der Waals surface area contributed by atoms with Crippen molar-refractivity contribution in [3.8, 4) is 0 Å². The molecule has 0 fully saturated rings. The lowest BCUT2D eigenvalue weighted by atomic mass is 10.1. The van der Waals surface area contributed by atoms with Crippen molar-refractivity contribution in [1.82, 2.24) is 24.5 Å². The zero-order valence-corrected chi connectivity index (χ0v) is 17.1. The van der Waals surface area contributed by atoms with Gasteiger partial charge in [0.2, 0.25) is 5.91 Å². The molecule has 1 amide bonds. The van der Waals surface area contributed by atoms with E-state index in [1.807, 2.05) is 54.1 Å². The van der Waals surface area contributed by atoms with E-state index < -0.39 is 0 Å². The second-order valence-corrected chi connectivity index (χ2v) is 6.52. The van der Waals surface area contributed by atoms with Gasteiger partial charge in [-0.2, -0.15) is 0 Å². The van der Waals surface area contributed by atoms with Crippen LogP contribution in [0.15, 0.2) is 30.5 Å². The highest BCUT2D eigenvalue weighted by molar-refractivity contribution is 5.98. The smallest absolute Gasteiger partial charge is 0.340 e. The monoisotopic (exact) mass is 395 g/mol. The number of rotatable bonds is 7. The molecule has 1 N–H and O–H groups in total. The molecule has 0 unspecified atom stereocenters. The summed E-state index contributed by atoms with van der Waals surface area (Å²) in [5.74, 6) is -0.0252.